The Morgan fingerprint density at radius 3 is 2.89 bits per heavy atom. The van der Waals surface area contributed by atoms with Crippen LogP contribution in [0.5, 0.6) is 5.75 Å². The molecular weight excluding hydrogens is 352 g/mol. The maximum atomic E-state index is 12.1. The van der Waals surface area contributed by atoms with Gasteiger partial charge in [-0.3, -0.25) is 14.7 Å². The zero-order valence-corrected chi connectivity index (χ0v) is 16.4. The highest BCUT2D eigenvalue weighted by Crippen LogP contribution is 2.26. The van der Waals surface area contributed by atoms with Gasteiger partial charge < -0.3 is 9.64 Å². The number of nitrogens with zero attached hydrogens (tertiary/aromatic N) is 3. The number of aromatic nitrogens is 2. The number of nitrogens with one attached hydrogen (secondary N) is 1. The molecular formula is C22H28N4O2. The summed E-state index contributed by atoms with van der Waals surface area (Å²) in [6.45, 7) is 4.81. The van der Waals surface area contributed by atoms with Gasteiger partial charge in [-0.25, -0.2) is 4.98 Å². The van der Waals surface area contributed by atoms with Crippen LogP contribution in [0.4, 0.5) is 5.95 Å². The predicted molar refractivity (Wildman–Crippen MR) is 112 cm³/mol. The van der Waals surface area contributed by atoms with Crippen molar-refractivity contribution in [1.82, 2.24) is 14.9 Å². The lowest BCUT2D eigenvalue weighted by Gasteiger charge is -2.18. The number of likely N-dealkylation sites (tertiary alicyclic amines) is 1. The van der Waals surface area contributed by atoms with Gasteiger partial charge >= 0.3 is 0 Å². The highest BCUT2D eigenvalue weighted by molar-refractivity contribution is 5.57. The fraction of sp³-hybridized carbons (Fsp3) is 0.455. The van der Waals surface area contributed by atoms with Crippen molar-refractivity contribution in [3.05, 3.63) is 58.0 Å². The Bertz CT molecular complexity index is 886. The van der Waals surface area contributed by atoms with Gasteiger partial charge in [0, 0.05) is 43.7 Å². The quantitative estimate of drug-likeness (QED) is 0.835. The third-order valence-corrected chi connectivity index (χ3v) is 5.65. The maximum absolute atomic E-state index is 12.1. The number of hydrogen-bond acceptors (Lipinski definition) is 5. The van der Waals surface area contributed by atoms with E-state index < -0.39 is 0 Å². The van der Waals surface area contributed by atoms with Crippen LogP contribution in [-0.4, -0.2) is 54.7 Å². The van der Waals surface area contributed by atoms with E-state index >= 15 is 0 Å². The first-order valence-corrected chi connectivity index (χ1v) is 10.1. The second-order valence-corrected chi connectivity index (χ2v) is 7.58. The summed E-state index contributed by atoms with van der Waals surface area (Å²) < 4.78 is 5.40. The van der Waals surface area contributed by atoms with Crippen LogP contribution in [0.25, 0.3) is 6.08 Å². The van der Waals surface area contributed by atoms with E-state index in [2.05, 4.69) is 33.0 Å². The van der Waals surface area contributed by atoms with Crippen LogP contribution in [0.3, 0.4) is 0 Å². The molecule has 28 heavy (non-hydrogen) atoms. The molecule has 4 rings (SSSR count). The van der Waals surface area contributed by atoms with Crippen molar-refractivity contribution < 1.29 is 4.74 Å². The Hall–Kier alpha value is -2.60. The van der Waals surface area contributed by atoms with Crippen molar-refractivity contribution in [2.75, 3.05) is 44.7 Å². The maximum Gasteiger partial charge on any atom is 0.252 e. The van der Waals surface area contributed by atoms with Crippen LogP contribution in [0.15, 0.2) is 41.2 Å². The minimum Gasteiger partial charge on any atom is -0.496 e. The Balaban J connectivity index is 1.39. The largest absolute Gasteiger partial charge is 0.496 e. The number of anilines is 1. The number of ether oxygens (including phenoxy) is 1. The standard InChI is InChI=1S/C22H28N4O2/c1-28-20-9-3-2-7-17(20)8-6-11-25-14-10-18(16-25)19-15-21(27)24-22(23-19)26-12-4-5-13-26/h2-3,6-9,15,18H,4-5,10-14,16H2,1H3,(H,23,24,27). The van der Waals surface area contributed by atoms with E-state index in [0.29, 0.717) is 5.92 Å². The number of H-pyrrole nitrogens is 1. The Morgan fingerprint density at radius 2 is 2.07 bits per heavy atom. The molecule has 6 heteroatoms. The highest BCUT2D eigenvalue weighted by Gasteiger charge is 2.26. The van der Waals surface area contributed by atoms with E-state index in [4.69, 9.17) is 9.72 Å². The summed E-state index contributed by atoms with van der Waals surface area (Å²) in [6, 6.07) is 9.71. The van der Waals surface area contributed by atoms with Gasteiger partial charge in [-0.1, -0.05) is 30.4 Å². The van der Waals surface area contributed by atoms with Crippen molar-refractivity contribution >= 4 is 12.0 Å². The molecule has 0 saturated carbocycles. The van der Waals surface area contributed by atoms with Crippen LogP contribution in [0, 0.1) is 0 Å². The summed E-state index contributed by atoms with van der Waals surface area (Å²) in [7, 11) is 1.70. The smallest absolute Gasteiger partial charge is 0.252 e. The lowest BCUT2D eigenvalue weighted by Crippen LogP contribution is -2.25. The van der Waals surface area contributed by atoms with Crippen molar-refractivity contribution in [2.24, 2.45) is 0 Å². The first kappa shape index (κ1) is 18.7. The van der Waals surface area contributed by atoms with E-state index in [1.807, 2.05) is 18.2 Å². The molecule has 2 aliphatic heterocycles. The van der Waals surface area contributed by atoms with E-state index in [0.717, 1.165) is 62.1 Å². The monoisotopic (exact) mass is 380 g/mol. The Morgan fingerprint density at radius 1 is 1.25 bits per heavy atom. The molecule has 3 heterocycles. The molecule has 0 radical (unpaired) electrons. The van der Waals surface area contributed by atoms with E-state index in [9.17, 15) is 4.79 Å². The summed E-state index contributed by atoms with van der Waals surface area (Å²) in [5.41, 5.74) is 1.98. The summed E-state index contributed by atoms with van der Waals surface area (Å²) in [5.74, 6) is 1.96. The van der Waals surface area contributed by atoms with E-state index in [1.54, 1.807) is 13.2 Å². The van der Waals surface area contributed by atoms with Gasteiger partial charge in [-0.15, -0.1) is 0 Å². The summed E-state index contributed by atoms with van der Waals surface area (Å²) >= 11 is 0. The zero-order chi connectivity index (χ0) is 19.3. The number of benzene rings is 1. The molecule has 1 unspecified atom stereocenters. The number of hydrogen-bond donors (Lipinski definition) is 1. The predicted octanol–water partition coefficient (Wildman–Crippen LogP) is 2.88. The molecule has 2 aromatic rings. The number of rotatable bonds is 6. The first-order valence-electron chi connectivity index (χ1n) is 10.1. The van der Waals surface area contributed by atoms with Gasteiger partial charge in [0.15, 0.2) is 0 Å². The second-order valence-electron chi connectivity index (χ2n) is 7.58. The van der Waals surface area contributed by atoms with Crippen molar-refractivity contribution in [1.29, 1.82) is 0 Å². The topological polar surface area (TPSA) is 61.5 Å². The summed E-state index contributed by atoms with van der Waals surface area (Å²) in [6.07, 6.45) is 7.68. The lowest BCUT2D eigenvalue weighted by atomic mass is 10.1. The molecule has 0 spiro atoms. The minimum atomic E-state index is -0.0404. The van der Waals surface area contributed by atoms with Gasteiger partial charge in [0.2, 0.25) is 5.95 Å². The molecule has 0 bridgehead atoms. The first-order chi connectivity index (χ1) is 13.7. The molecule has 148 valence electrons. The molecule has 1 atom stereocenters. The minimum absolute atomic E-state index is 0.0404. The zero-order valence-electron chi connectivity index (χ0n) is 16.4. The van der Waals surface area contributed by atoms with Gasteiger partial charge in [0.25, 0.3) is 5.56 Å². The summed E-state index contributed by atoms with van der Waals surface area (Å²) in [5, 5.41) is 0. The second kappa shape index (κ2) is 8.61. The van der Waals surface area contributed by atoms with Crippen molar-refractivity contribution in [2.45, 2.75) is 25.2 Å². The van der Waals surface area contributed by atoms with Crippen LogP contribution >= 0.6 is 0 Å². The molecule has 1 aromatic carbocycles. The molecule has 1 N–H and O–H groups in total. The van der Waals surface area contributed by atoms with Crippen LogP contribution < -0.4 is 15.2 Å². The molecule has 2 fully saturated rings. The molecule has 0 amide bonds. The Labute approximate surface area is 165 Å². The SMILES string of the molecule is COc1ccccc1C=CCN1CCC(c2cc(=O)[nH]c(N3CCCC3)n2)C1. The fourth-order valence-electron chi connectivity index (χ4n) is 4.12. The average molecular weight is 380 g/mol. The molecule has 1 aromatic heterocycles. The average Bonchev–Trinajstić information content (AvgIpc) is 3.40. The molecule has 6 nitrogen and oxygen atoms in total. The fourth-order valence-corrected chi connectivity index (χ4v) is 4.12. The van der Waals surface area contributed by atoms with E-state index in [1.165, 1.54) is 12.8 Å². The third kappa shape index (κ3) is 4.28. The number of aromatic amines is 1. The third-order valence-electron chi connectivity index (χ3n) is 5.65. The molecule has 0 aliphatic carbocycles. The lowest BCUT2D eigenvalue weighted by molar-refractivity contribution is 0.371. The van der Waals surface area contributed by atoms with Gasteiger partial charge in [-0.05, 0) is 31.9 Å². The van der Waals surface area contributed by atoms with Gasteiger partial charge in [0.1, 0.15) is 5.75 Å². The molecule has 2 aliphatic rings. The van der Waals surface area contributed by atoms with Gasteiger partial charge in [0.05, 0.1) is 12.8 Å². The van der Waals surface area contributed by atoms with Crippen molar-refractivity contribution in [3.63, 3.8) is 0 Å². The van der Waals surface area contributed by atoms with Crippen molar-refractivity contribution in [3.8, 4) is 5.75 Å². The summed E-state index contributed by atoms with van der Waals surface area (Å²) in [4.78, 5) is 24.4. The van der Waals surface area contributed by atoms with Crippen LogP contribution in [0.1, 0.15) is 36.4 Å². The number of para-hydroxylation sites is 1. The number of methoxy groups -OCH3 is 1. The van der Waals surface area contributed by atoms with Gasteiger partial charge in [-0.2, -0.15) is 0 Å². The molecule has 2 saturated heterocycles. The van der Waals surface area contributed by atoms with Crippen LogP contribution in [-0.2, 0) is 0 Å². The Kier molecular flexibility index (Phi) is 5.76. The van der Waals surface area contributed by atoms with E-state index in [-0.39, 0.29) is 5.56 Å². The highest BCUT2D eigenvalue weighted by atomic mass is 16.5. The normalized spacial score (nSPS) is 20.3. The van der Waals surface area contributed by atoms with Crippen LogP contribution in [0.2, 0.25) is 0 Å².